The fourth-order valence-corrected chi connectivity index (χ4v) is 1.26. The van der Waals surface area contributed by atoms with E-state index in [2.05, 4.69) is 25.7 Å². The zero-order chi connectivity index (χ0) is 11.5. The number of aryl methyl sites for hydroxylation is 1. The van der Waals surface area contributed by atoms with Crippen molar-refractivity contribution in [3.05, 3.63) is 23.7 Å². The zero-order valence-electron chi connectivity index (χ0n) is 8.74. The molecule has 0 saturated carbocycles. The van der Waals surface area contributed by atoms with Crippen molar-refractivity contribution < 1.29 is 4.79 Å². The summed E-state index contributed by atoms with van der Waals surface area (Å²) in [7, 11) is 0. The molecule has 5 N–H and O–H groups in total. The van der Waals surface area contributed by atoms with E-state index >= 15 is 0 Å². The summed E-state index contributed by atoms with van der Waals surface area (Å²) >= 11 is 0. The summed E-state index contributed by atoms with van der Waals surface area (Å²) in [6.07, 6.45) is 2.21. The van der Waals surface area contributed by atoms with Crippen LogP contribution in [0.2, 0.25) is 0 Å². The van der Waals surface area contributed by atoms with Crippen molar-refractivity contribution in [2.75, 3.05) is 11.1 Å². The average Bonchev–Trinajstić information content (AvgIpc) is 2.86. The van der Waals surface area contributed by atoms with E-state index < -0.39 is 0 Å². The quantitative estimate of drug-likeness (QED) is 0.604. The Morgan fingerprint density at radius 3 is 2.94 bits per heavy atom. The number of rotatable bonds is 3. The molecule has 7 nitrogen and oxygen atoms in total. The van der Waals surface area contributed by atoms with E-state index in [1.165, 1.54) is 6.20 Å². The van der Waals surface area contributed by atoms with Crippen LogP contribution in [0.3, 0.4) is 0 Å². The first-order valence-corrected chi connectivity index (χ1v) is 4.85. The Morgan fingerprint density at radius 2 is 2.38 bits per heavy atom. The van der Waals surface area contributed by atoms with Gasteiger partial charge in [0.2, 0.25) is 0 Å². The fraction of sp³-hybridized carbons (Fsp3) is 0.222. The third kappa shape index (κ3) is 1.88. The largest absolute Gasteiger partial charge is 0.396 e. The second kappa shape index (κ2) is 4.05. The fourth-order valence-electron chi connectivity index (χ4n) is 1.26. The maximum absolute atomic E-state index is 11.7. The number of nitrogens with one attached hydrogen (secondary N) is 3. The molecule has 0 spiro atoms. The normalized spacial score (nSPS) is 10.3. The number of amides is 1. The van der Waals surface area contributed by atoms with Gasteiger partial charge in [-0.1, -0.05) is 6.92 Å². The highest BCUT2D eigenvalue weighted by Crippen LogP contribution is 2.10. The van der Waals surface area contributed by atoms with Crippen LogP contribution in [0.1, 0.15) is 23.1 Å². The van der Waals surface area contributed by atoms with Crippen LogP contribution in [0.25, 0.3) is 0 Å². The number of aromatic amines is 2. The minimum Gasteiger partial charge on any atom is -0.396 e. The lowest BCUT2D eigenvalue weighted by molar-refractivity contribution is 0.102. The SMILES string of the molecule is CCc1cc(NC(=O)c2[nH]ncc2N)n[nH]1. The molecule has 0 atom stereocenters. The zero-order valence-corrected chi connectivity index (χ0v) is 8.74. The Bertz CT molecular complexity index is 500. The van der Waals surface area contributed by atoms with Crippen LogP contribution in [-0.4, -0.2) is 26.3 Å². The van der Waals surface area contributed by atoms with E-state index in [1.54, 1.807) is 6.07 Å². The van der Waals surface area contributed by atoms with Crippen LogP contribution in [0, 0.1) is 0 Å². The molecule has 2 aromatic rings. The second-order valence-corrected chi connectivity index (χ2v) is 3.29. The summed E-state index contributed by atoms with van der Waals surface area (Å²) in [5.41, 5.74) is 7.04. The Balaban J connectivity index is 2.11. The Labute approximate surface area is 91.4 Å². The Morgan fingerprint density at radius 1 is 1.56 bits per heavy atom. The number of hydrogen-bond donors (Lipinski definition) is 4. The number of carbonyl (C=O) groups is 1. The first kappa shape index (κ1) is 10.2. The van der Waals surface area contributed by atoms with Crippen LogP contribution in [0.15, 0.2) is 12.3 Å². The molecule has 0 aliphatic heterocycles. The van der Waals surface area contributed by atoms with Crippen molar-refractivity contribution in [3.8, 4) is 0 Å². The van der Waals surface area contributed by atoms with Crippen molar-refractivity contribution in [3.63, 3.8) is 0 Å². The standard InChI is InChI=1S/C9H12N6O/c1-2-5-3-7(14-13-5)12-9(16)8-6(10)4-11-15-8/h3-4H,2,10H2,1H3,(H,11,15)(H2,12,13,14,16). The molecule has 84 valence electrons. The lowest BCUT2D eigenvalue weighted by Gasteiger charge is -1.99. The van der Waals surface area contributed by atoms with Crippen molar-refractivity contribution in [1.82, 2.24) is 20.4 Å². The number of nitrogen functional groups attached to an aromatic ring is 1. The molecule has 0 fully saturated rings. The molecular weight excluding hydrogens is 208 g/mol. The molecule has 0 bridgehead atoms. The minimum absolute atomic E-state index is 0.237. The number of nitrogens with zero attached hydrogens (tertiary/aromatic N) is 2. The number of H-pyrrole nitrogens is 2. The molecule has 0 saturated heterocycles. The van der Waals surface area contributed by atoms with Gasteiger partial charge in [-0.25, -0.2) is 0 Å². The summed E-state index contributed by atoms with van der Waals surface area (Å²) in [5, 5.41) is 15.5. The van der Waals surface area contributed by atoms with Gasteiger partial charge in [-0.05, 0) is 6.42 Å². The number of hydrogen-bond acceptors (Lipinski definition) is 4. The third-order valence-electron chi connectivity index (χ3n) is 2.15. The highest BCUT2D eigenvalue weighted by atomic mass is 16.2. The molecule has 0 aliphatic carbocycles. The molecule has 2 aromatic heterocycles. The molecule has 0 aromatic carbocycles. The van der Waals surface area contributed by atoms with Crippen molar-refractivity contribution in [2.24, 2.45) is 0 Å². The van der Waals surface area contributed by atoms with E-state index in [9.17, 15) is 4.79 Å². The van der Waals surface area contributed by atoms with Gasteiger partial charge in [0, 0.05) is 11.8 Å². The predicted molar refractivity (Wildman–Crippen MR) is 58.9 cm³/mol. The van der Waals surface area contributed by atoms with Crippen LogP contribution in [0.4, 0.5) is 11.5 Å². The Kier molecular flexibility index (Phi) is 2.59. The summed E-state index contributed by atoms with van der Waals surface area (Å²) < 4.78 is 0. The van der Waals surface area contributed by atoms with Gasteiger partial charge in [-0.2, -0.15) is 10.2 Å². The number of nitrogens with two attached hydrogens (primary N) is 1. The molecule has 2 rings (SSSR count). The van der Waals surface area contributed by atoms with Crippen LogP contribution < -0.4 is 11.1 Å². The lowest BCUT2D eigenvalue weighted by Crippen LogP contribution is -2.14. The second-order valence-electron chi connectivity index (χ2n) is 3.29. The average molecular weight is 220 g/mol. The molecule has 0 unspecified atom stereocenters. The van der Waals surface area contributed by atoms with E-state index in [0.29, 0.717) is 11.5 Å². The van der Waals surface area contributed by atoms with E-state index in [1.807, 2.05) is 6.92 Å². The summed E-state index contributed by atoms with van der Waals surface area (Å²) in [6.45, 7) is 1.99. The van der Waals surface area contributed by atoms with Gasteiger partial charge in [0.05, 0.1) is 11.9 Å². The van der Waals surface area contributed by atoms with Gasteiger partial charge in [-0.15, -0.1) is 0 Å². The third-order valence-corrected chi connectivity index (χ3v) is 2.15. The van der Waals surface area contributed by atoms with Gasteiger partial charge < -0.3 is 11.1 Å². The maximum atomic E-state index is 11.7. The molecule has 1 amide bonds. The monoisotopic (exact) mass is 220 g/mol. The van der Waals surface area contributed by atoms with Crippen LogP contribution in [0.5, 0.6) is 0 Å². The summed E-state index contributed by atoms with van der Waals surface area (Å²) in [6, 6.07) is 1.77. The van der Waals surface area contributed by atoms with E-state index in [0.717, 1.165) is 12.1 Å². The number of anilines is 2. The summed E-state index contributed by atoms with van der Waals surface area (Å²) in [5.74, 6) is 0.111. The maximum Gasteiger partial charge on any atom is 0.277 e. The van der Waals surface area contributed by atoms with Gasteiger partial charge in [0.1, 0.15) is 5.69 Å². The van der Waals surface area contributed by atoms with Gasteiger partial charge in [-0.3, -0.25) is 15.0 Å². The first-order valence-electron chi connectivity index (χ1n) is 4.85. The highest BCUT2D eigenvalue weighted by molar-refractivity contribution is 6.05. The van der Waals surface area contributed by atoms with Crippen molar-refractivity contribution in [1.29, 1.82) is 0 Å². The van der Waals surface area contributed by atoms with Gasteiger partial charge in [0.15, 0.2) is 5.82 Å². The van der Waals surface area contributed by atoms with Gasteiger partial charge in [0.25, 0.3) is 5.91 Å². The van der Waals surface area contributed by atoms with E-state index in [-0.39, 0.29) is 11.6 Å². The first-order chi connectivity index (χ1) is 7.70. The molecule has 7 heteroatoms. The lowest BCUT2D eigenvalue weighted by atomic mass is 10.3. The van der Waals surface area contributed by atoms with Crippen LogP contribution in [-0.2, 0) is 6.42 Å². The van der Waals surface area contributed by atoms with E-state index in [4.69, 9.17) is 5.73 Å². The van der Waals surface area contributed by atoms with Crippen molar-refractivity contribution in [2.45, 2.75) is 13.3 Å². The molecule has 0 radical (unpaired) electrons. The Hall–Kier alpha value is -2.31. The molecule has 16 heavy (non-hydrogen) atoms. The minimum atomic E-state index is -0.357. The number of carbonyl (C=O) groups excluding carboxylic acids is 1. The van der Waals surface area contributed by atoms with Gasteiger partial charge >= 0.3 is 0 Å². The topological polar surface area (TPSA) is 112 Å². The highest BCUT2D eigenvalue weighted by Gasteiger charge is 2.12. The van der Waals surface area contributed by atoms with Crippen LogP contribution >= 0.6 is 0 Å². The molecule has 0 aliphatic rings. The smallest absolute Gasteiger partial charge is 0.277 e. The predicted octanol–water partition coefficient (Wildman–Crippen LogP) is 0.530. The molecular formula is C9H12N6O. The van der Waals surface area contributed by atoms with Crippen molar-refractivity contribution >= 4 is 17.4 Å². The molecule has 2 heterocycles. The summed E-state index contributed by atoms with van der Waals surface area (Å²) in [4.78, 5) is 11.7. The number of aromatic nitrogens is 4.